The van der Waals surface area contributed by atoms with Crippen molar-refractivity contribution in [1.29, 1.82) is 0 Å². The Labute approximate surface area is 121 Å². The molecule has 0 aromatic heterocycles. The summed E-state index contributed by atoms with van der Waals surface area (Å²) in [5.41, 5.74) is -0.447. The summed E-state index contributed by atoms with van der Waals surface area (Å²) in [7, 11) is 0. The first-order valence-electron chi connectivity index (χ1n) is 7.68. The first-order valence-corrected chi connectivity index (χ1v) is 7.68. The summed E-state index contributed by atoms with van der Waals surface area (Å²) in [5, 5.41) is 0. The average Bonchev–Trinajstić information content (AvgIpc) is 2.84. The molecule has 2 rings (SSSR count). The van der Waals surface area contributed by atoms with Crippen molar-refractivity contribution in [1.82, 2.24) is 4.90 Å². The lowest BCUT2D eigenvalue weighted by atomic mass is 10.2. The highest BCUT2D eigenvalue weighted by Crippen LogP contribution is 2.22. The summed E-state index contributed by atoms with van der Waals surface area (Å²) in [6, 6.07) is 0.121. The summed E-state index contributed by atoms with van der Waals surface area (Å²) in [6.07, 6.45) is 4.90. The maximum absolute atomic E-state index is 12.1. The fraction of sp³-hybridized carbons (Fsp3) is 0.933. The van der Waals surface area contributed by atoms with Crippen LogP contribution in [0.5, 0.6) is 0 Å². The van der Waals surface area contributed by atoms with Crippen molar-refractivity contribution >= 4 is 6.09 Å². The topological polar surface area (TPSA) is 48.0 Å². The number of amides is 1. The number of ether oxygens (including phenoxy) is 3. The van der Waals surface area contributed by atoms with E-state index < -0.39 is 5.60 Å². The molecule has 116 valence electrons. The summed E-state index contributed by atoms with van der Waals surface area (Å²) in [4.78, 5) is 13.9. The van der Waals surface area contributed by atoms with Crippen molar-refractivity contribution in [2.45, 2.75) is 70.8 Å². The molecule has 0 saturated carbocycles. The van der Waals surface area contributed by atoms with Gasteiger partial charge in [-0.2, -0.15) is 0 Å². The number of carbonyl (C=O) groups is 1. The zero-order valence-corrected chi connectivity index (χ0v) is 12.9. The van der Waals surface area contributed by atoms with Gasteiger partial charge in [0.2, 0.25) is 0 Å². The lowest BCUT2D eigenvalue weighted by Crippen LogP contribution is -2.42. The fourth-order valence-electron chi connectivity index (χ4n) is 2.63. The Balaban J connectivity index is 1.79. The van der Waals surface area contributed by atoms with Crippen molar-refractivity contribution in [3.63, 3.8) is 0 Å². The molecule has 5 heteroatoms. The first kappa shape index (κ1) is 15.6. The van der Waals surface area contributed by atoms with Gasteiger partial charge in [0, 0.05) is 13.2 Å². The van der Waals surface area contributed by atoms with Crippen LogP contribution in [0, 0.1) is 0 Å². The van der Waals surface area contributed by atoms with Crippen molar-refractivity contribution < 1.29 is 19.0 Å². The molecule has 2 atom stereocenters. The van der Waals surface area contributed by atoms with E-state index in [4.69, 9.17) is 14.2 Å². The van der Waals surface area contributed by atoms with E-state index in [1.165, 1.54) is 0 Å². The third-order valence-corrected chi connectivity index (χ3v) is 3.62. The Kier molecular flexibility index (Phi) is 5.27. The maximum Gasteiger partial charge on any atom is 0.410 e. The second-order valence-electron chi connectivity index (χ2n) is 6.60. The summed E-state index contributed by atoms with van der Waals surface area (Å²) in [5.74, 6) is 0. The van der Waals surface area contributed by atoms with Crippen molar-refractivity contribution in [2.75, 3.05) is 19.8 Å². The van der Waals surface area contributed by atoms with E-state index in [0.717, 1.165) is 45.3 Å². The minimum absolute atomic E-state index is 0.0927. The predicted octanol–water partition coefficient (Wildman–Crippen LogP) is 2.93. The molecule has 20 heavy (non-hydrogen) atoms. The van der Waals surface area contributed by atoms with Gasteiger partial charge in [-0.1, -0.05) is 0 Å². The van der Waals surface area contributed by atoms with Crippen molar-refractivity contribution in [2.24, 2.45) is 0 Å². The van der Waals surface area contributed by atoms with E-state index in [9.17, 15) is 4.79 Å². The molecular weight excluding hydrogens is 258 g/mol. The Morgan fingerprint density at radius 3 is 2.70 bits per heavy atom. The standard InChI is InChI=1S/C15H27NO4/c1-15(2,3)20-14(17)16-9-6-7-12(16)11-19-13-8-4-5-10-18-13/h12-13H,4-11H2,1-3H3/t12-,13?/m0/s1. The fourth-order valence-corrected chi connectivity index (χ4v) is 2.63. The molecule has 0 N–H and O–H groups in total. The third-order valence-electron chi connectivity index (χ3n) is 3.62. The van der Waals surface area contributed by atoms with Gasteiger partial charge in [-0.05, 0) is 52.9 Å². The van der Waals surface area contributed by atoms with Crippen LogP contribution < -0.4 is 0 Å². The zero-order chi connectivity index (χ0) is 14.6. The molecule has 2 saturated heterocycles. The highest BCUT2D eigenvalue weighted by molar-refractivity contribution is 5.68. The molecule has 0 aromatic rings. The molecule has 0 spiro atoms. The predicted molar refractivity (Wildman–Crippen MR) is 75.5 cm³/mol. The van der Waals surface area contributed by atoms with Crippen LogP contribution in [0.3, 0.4) is 0 Å². The minimum atomic E-state index is -0.447. The summed E-state index contributed by atoms with van der Waals surface area (Å²) >= 11 is 0. The SMILES string of the molecule is CC(C)(C)OC(=O)N1CCC[C@H]1COC1CCCCO1. The molecule has 1 unspecified atom stereocenters. The lowest BCUT2D eigenvalue weighted by molar-refractivity contribution is -0.168. The molecule has 0 bridgehead atoms. The average molecular weight is 285 g/mol. The van der Waals surface area contributed by atoms with Crippen LogP contribution in [0.15, 0.2) is 0 Å². The minimum Gasteiger partial charge on any atom is -0.444 e. The van der Waals surface area contributed by atoms with Gasteiger partial charge in [-0.3, -0.25) is 0 Å². The van der Waals surface area contributed by atoms with Gasteiger partial charge in [0.15, 0.2) is 6.29 Å². The number of likely N-dealkylation sites (tertiary alicyclic amines) is 1. The van der Waals surface area contributed by atoms with Crippen LogP contribution in [0.4, 0.5) is 4.79 Å². The molecular formula is C15H27NO4. The maximum atomic E-state index is 12.1. The van der Waals surface area contributed by atoms with Crippen molar-refractivity contribution in [3.05, 3.63) is 0 Å². The van der Waals surface area contributed by atoms with Gasteiger partial charge in [-0.25, -0.2) is 4.79 Å². The van der Waals surface area contributed by atoms with Crippen LogP contribution in [0.2, 0.25) is 0 Å². The van der Waals surface area contributed by atoms with E-state index >= 15 is 0 Å². The number of carbonyl (C=O) groups excluding carboxylic acids is 1. The normalized spacial score (nSPS) is 27.6. The Hall–Kier alpha value is -0.810. The first-order chi connectivity index (χ1) is 9.46. The molecule has 2 aliphatic heterocycles. The van der Waals surface area contributed by atoms with Crippen LogP contribution in [0.1, 0.15) is 52.9 Å². The number of hydrogen-bond acceptors (Lipinski definition) is 4. The largest absolute Gasteiger partial charge is 0.444 e. The van der Waals surface area contributed by atoms with Gasteiger partial charge < -0.3 is 19.1 Å². The number of nitrogens with zero attached hydrogens (tertiary/aromatic N) is 1. The van der Waals surface area contributed by atoms with Gasteiger partial charge in [0.25, 0.3) is 0 Å². The van der Waals surface area contributed by atoms with Crippen molar-refractivity contribution in [3.8, 4) is 0 Å². The van der Waals surface area contributed by atoms with Crippen LogP contribution >= 0.6 is 0 Å². The second kappa shape index (κ2) is 6.76. The van der Waals surface area contributed by atoms with E-state index in [-0.39, 0.29) is 18.4 Å². The summed E-state index contributed by atoms with van der Waals surface area (Å²) < 4.78 is 16.8. The Morgan fingerprint density at radius 2 is 2.05 bits per heavy atom. The van der Waals surface area contributed by atoms with Gasteiger partial charge in [0.05, 0.1) is 12.6 Å². The van der Waals surface area contributed by atoms with Gasteiger partial charge in [0.1, 0.15) is 5.60 Å². The smallest absolute Gasteiger partial charge is 0.410 e. The molecule has 0 radical (unpaired) electrons. The van der Waals surface area contributed by atoms with E-state index in [2.05, 4.69) is 0 Å². The molecule has 2 aliphatic rings. The van der Waals surface area contributed by atoms with Crippen LogP contribution in [-0.4, -0.2) is 48.7 Å². The van der Waals surface area contributed by atoms with E-state index in [1.807, 2.05) is 20.8 Å². The molecule has 0 aliphatic carbocycles. The molecule has 2 fully saturated rings. The Morgan fingerprint density at radius 1 is 1.25 bits per heavy atom. The van der Waals surface area contributed by atoms with E-state index in [0.29, 0.717) is 6.61 Å². The third kappa shape index (κ3) is 4.63. The lowest BCUT2D eigenvalue weighted by Gasteiger charge is -2.30. The molecule has 1 amide bonds. The number of rotatable bonds is 3. The molecule has 0 aromatic carbocycles. The molecule has 5 nitrogen and oxygen atoms in total. The molecule has 2 heterocycles. The van der Waals surface area contributed by atoms with E-state index in [1.54, 1.807) is 4.90 Å². The monoisotopic (exact) mass is 285 g/mol. The van der Waals surface area contributed by atoms with Crippen LogP contribution in [-0.2, 0) is 14.2 Å². The Bertz CT molecular complexity index is 320. The summed E-state index contributed by atoms with van der Waals surface area (Å²) in [6.45, 7) is 7.76. The zero-order valence-electron chi connectivity index (χ0n) is 12.9. The highest BCUT2D eigenvalue weighted by Gasteiger charge is 2.32. The highest BCUT2D eigenvalue weighted by atomic mass is 16.7. The van der Waals surface area contributed by atoms with Crippen LogP contribution in [0.25, 0.3) is 0 Å². The number of hydrogen-bond donors (Lipinski definition) is 0. The quantitative estimate of drug-likeness (QED) is 0.800. The van der Waals surface area contributed by atoms with Gasteiger partial charge >= 0.3 is 6.09 Å². The van der Waals surface area contributed by atoms with Gasteiger partial charge in [-0.15, -0.1) is 0 Å². The second-order valence-corrected chi connectivity index (χ2v) is 6.60.